The molecule has 3 aliphatic rings. The van der Waals surface area contributed by atoms with Crippen LogP contribution in [0, 0.1) is 11.8 Å². The Hall–Kier alpha value is -1.26. The van der Waals surface area contributed by atoms with Crippen LogP contribution < -0.4 is 0 Å². The first-order valence-electron chi connectivity index (χ1n) is 6.83. The number of methoxy groups -OCH3 is 1. The Morgan fingerprint density at radius 2 is 1.79 bits per heavy atom. The van der Waals surface area contributed by atoms with Gasteiger partial charge in [-0.25, -0.2) is 9.59 Å². The predicted octanol–water partition coefficient (Wildman–Crippen LogP) is 2.19. The van der Waals surface area contributed by atoms with E-state index < -0.39 is 17.7 Å². The molecule has 1 amide bonds. The molecule has 2 bridgehead atoms. The van der Waals surface area contributed by atoms with E-state index in [1.165, 1.54) is 7.11 Å². The first kappa shape index (κ1) is 14.2. The molecule has 5 heteroatoms. The maximum Gasteiger partial charge on any atom is 0.411 e. The molecule has 0 aromatic carbocycles. The predicted molar refractivity (Wildman–Crippen MR) is 69.6 cm³/mol. The number of carbonyl (C=O) groups is 2. The lowest BCUT2D eigenvalue weighted by Gasteiger charge is -2.55. The van der Waals surface area contributed by atoms with Gasteiger partial charge < -0.3 is 9.47 Å². The highest BCUT2D eigenvalue weighted by Gasteiger charge is 2.54. The molecular formula is C14H23NO4. The van der Waals surface area contributed by atoms with Gasteiger partial charge in [0, 0.05) is 6.04 Å². The van der Waals surface area contributed by atoms with E-state index in [-0.39, 0.29) is 17.9 Å². The summed E-state index contributed by atoms with van der Waals surface area (Å²) in [7, 11) is 1.36. The van der Waals surface area contributed by atoms with Crippen LogP contribution in [0.4, 0.5) is 4.79 Å². The molecule has 1 saturated carbocycles. The lowest BCUT2D eigenvalue weighted by molar-refractivity contribution is -0.161. The fraction of sp³-hybridized carbons (Fsp3) is 0.857. The van der Waals surface area contributed by atoms with E-state index >= 15 is 0 Å². The molecule has 2 aliphatic heterocycles. The van der Waals surface area contributed by atoms with Crippen LogP contribution in [0.25, 0.3) is 0 Å². The molecule has 3 fully saturated rings. The fourth-order valence-corrected chi connectivity index (χ4v) is 3.05. The van der Waals surface area contributed by atoms with Crippen molar-refractivity contribution in [1.29, 1.82) is 0 Å². The molecular weight excluding hydrogens is 246 g/mol. The van der Waals surface area contributed by atoms with Crippen molar-refractivity contribution in [3.8, 4) is 0 Å². The standard InChI is InChI=1S/C14H23NO4/c1-8-9-6-10(7-9)15(11(8)12(16)18-5)13(17)19-14(2,3)4/h8-11H,6-7H2,1-5H3. The fourth-order valence-electron chi connectivity index (χ4n) is 3.05. The maximum atomic E-state index is 12.3. The van der Waals surface area contributed by atoms with Crippen LogP contribution in [0.3, 0.4) is 0 Å². The Bertz CT molecular complexity index is 381. The normalized spacial score (nSPS) is 33.4. The summed E-state index contributed by atoms with van der Waals surface area (Å²) in [5.41, 5.74) is -0.554. The van der Waals surface area contributed by atoms with Crippen molar-refractivity contribution in [3.05, 3.63) is 0 Å². The minimum absolute atomic E-state index is 0.125. The molecule has 0 N–H and O–H groups in total. The number of amides is 1. The van der Waals surface area contributed by atoms with Crippen molar-refractivity contribution < 1.29 is 19.1 Å². The van der Waals surface area contributed by atoms with E-state index in [0.29, 0.717) is 5.92 Å². The number of hydrogen-bond acceptors (Lipinski definition) is 4. The summed E-state index contributed by atoms with van der Waals surface area (Å²) in [5.74, 6) is 0.311. The van der Waals surface area contributed by atoms with Gasteiger partial charge >= 0.3 is 12.1 Å². The second kappa shape index (κ2) is 4.69. The molecule has 0 spiro atoms. The first-order valence-corrected chi connectivity index (χ1v) is 6.83. The minimum atomic E-state index is -0.554. The first-order chi connectivity index (χ1) is 8.74. The zero-order chi connectivity index (χ0) is 14.4. The number of ether oxygens (including phenoxy) is 2. The van der Waals surface area contributed by atoms with E-state index in [0.717, 1.165) is 12.8 Å². The molecule has 2 saturated heterocycles. The Kier molecular flexibility index (Phi) is 3.49. The van der Waals surface area contributed by atoms with Gasteiger partial charge in [-0.3, -0.25) is 4.90 Å². The molecule has 3 rings (SSSR count). The molecule has 0 aromatic rings. The van der Waals surface area contributed by atoms with Crippen LogP contribution in [0.5, 0.6) is 0 Å². The Morgan fingerprint density at radius 1 is 1.21 bits per heavy atom. The third kappa shape index (κ3) is 2.55. The van der Waals surface area contributed by atoms with Crippen LogP contribution in [0.2, 0.25) is 0 Å². The third-order valence-electron chi connectivity index (χ3n) is 4.13. The zero-order valence-electron chi connectivity index (χ0n) is 12.3. The number of rotatable bonds is 1. The molecule has 0 aromatic heterocycles. The number of esters is 1. The molecule has 2 heterocycles. The van der Waals surface area contributed by atoms with Gasteiger partial charge in [-0.15, -0.1) is 0 Å². The molecule has 0 radical (unpaired) electrons. The molecule has 19 heavy (non-hydrogen) atoms. The number of nitrogens with zero attached hydrogens (tertiary/aromatic N) is 1. The van der Waals surface area contributed by atoms with E-state index in [4.69, 9.17) is 9.47 Å². The van der Waals surface area contributed by atoms with Gasteiger partial charge in [0.2, 0.25) is 0 Å². The van der Waals surface area contributed by atoms with Gasteiger partial charge in [0.05, 0.1) is 7.11 Å². The smallest absolute Gasteiger partial charge is 0.411 e. The van der Waals surface area contributed by atoms with E-state index in [1.807, 2.05) is 27.7 Å². The molecule has 108 valence electrons. The molecule has 1 aliphatic carbocycles. The van der Waals surface area contributed by atoms with Crippen LogP contribution in [-0.2, 0) is 14.3 Å². The number of carbonyl (C=O) groups excluding carboxylic acids is 2. The van der Waals surface area contributed by atoms with Gasteiger partial charge in [-0.05, 0) is 45.4 Å². The van der Waals surface area contributed by atoms with Crippen molar-refractivity contribution in [3.63, 3.8) is 0 Å². The van der Waals surface area contributed by atoms with Gasteiger partial charge in [0.1, 0.15) is 11.6 Å². The van der Waals surface area contributed by atoms with Crippen LogP contribution in [0.15, 0.2) is 0 Å². The maximum absolute atomic E-state index is 12.3. The van der Waals surface area contributed by atoms with Gasteiger partial charge in [0.15, 0.2) is 0 Å². The Balaban J connectivity index is 2.19. The summed E-state index contributed by atoms with van der Waals surface area (Å²) < 4.78 is 10.3. The van der Waals surface area contributed by atoms with Gasteiger partial charge in [-0.1, -0.05) is 6.92 Å². The summed E-state index contributed by atoms with van der Waals surface area (Å²) in [6.07, 6.45) is 1.53. The summed E-state index contributed by atoms with van der Waals surface area (Å²) in [4.78, 5) is 25.9. The number of piperidine rings is 2. The second-order valence-electron chi connectivity index (χ2n) is 6.60. The van der Waals surface area contributed by atoms with E-state index in [1.54, 1.807) is 4.90 Å². The number of hydrogen-bond donors (Lipinski definition) is 0. The second-order valence-corrected chi connectivity index (χ2v) is 6.60. The van der Waals surface area contributed by atoms with Crippen LogP contribution >= 0.6 is 0 Å². The highest BCUT2D eigenvalue weighted by Crippen LogP contribution is 2.47. The number of fused-ring (bicyclic) bond motifs is 2. The lowest BCUT2D eigenvalue weighted by Crippen LogP contribution is -2.66. The quantitative estimate of drug-likeness (QED) is 0.685. The average molecular weight is 269 g/mol. The monoisotopic (exact) mass is 269 g/mol. The van der Waals surface area contributed by atoms with E-state index in [2.05, 4.69) is 0 Å². The van der Waals surface area contributed by atoms with Gasteiger partial charge in [-0.2, -0.15) is 0 Å². The van der Waals surface area contributed by atoms with Crippen molar-refractivity contribution in [2.75, 3.05) is 7.11 Å². The van der Waals surface area contributed by atoms with Crippen molar-refractivity contribution in [2.45, 2.75) is 58.2 Å². The average Bonchev–Trinajstić information content (AvgIpc) is 2.23. The summed E-state index contributed by atoms with van der Waals surface area (Å²) in [6, 6.07) is -0.377. The van der Waals surface area contributed by atoms with Crippen LogP contribution in [-0.4, -0.2) is 41.8 Å². The Morgan fingerprint density at radius 3 is 2.26 bits per heavy atom. The largest absolute Gasteiger partial charge is 0.467 e. The Labute approximate surface area is 114 Å². The van der Waals surface area contributed by atoms with Crippen molar-refractivity contribution >= 4 is 12.1 Å². The van der Waals surface area contributed by atoms with Crippen molar-refractivity contribution in [1.82, 2.24) is 4.90 Å². The minimum Gasteiger partial charge on any atom is -0.467 e. The summed E-state index contributed by atoms with van der Waals surface area (Å²) in [5, 5.41) is 0. The highest BCUT2D eigenvalue weighted by molar-refractivity contribution is 5.82. The lowest BCUT2D eigenvalue weighted by atomic mass is 9.65. The summed E-state index contributed by atoms with van der Waals surface area (Å²) in [6.45, 7) is 7.50. The third-order valence-corrected chi connectivity index (χ3v) is 4.13. The van der Waals surface area contributed by atoms with E-state index in [9.17, 15) is 9.59 Å². The molecule has 2 atom stereocenters. The molecule has 5 nitrogen and oxygen atoms in total. The SMILES string of the molecule is COC(=O)C1C(C)C2CC(C2)N1C(=O)OC(C)(C)C. The van der Waals surface area contributed by atoms with Gasteiger partial charge in [0.25, 0.3) is 0 Å². The van der Waals surface area contributed by atoms with Crippen molar-refractivity contribution in [2.24, 2.45) is 11.8 Å². The topological polar surface area (TPSA) is 55.8 Å². The molecule has 2 unspecified atom stereocenters. The highest BCUT2D eigenvalue weighted by atomic mass is 16.6. The van der Waals surface area contributed by atoms with Crippen LogP contribution in [0.1, 0.15) is 40.5 Å². The summed E-state index contributed by atoms with van der Waals surface area (Å²) >= 11 is 0. The zero-order valence-corrected chi connectivity index (χ0v) is 12.3.